The number of nitrogens with two attached hydrogens (primary N) is 1. The molecule has 0 saturated carbocycles. The Kier molecular flexibility index (Phi) is 6.67. The van der Waals surface area contributed by atoms with E-state index in [1.165, 1.54) is 12.9 Å². The number of rotatable bonds is 6. The standard InChI is InChI=1S/C15H23FN2OS2/c1-3-13-15(21-8-7-20-13)11(18-17)9-10-5-4-6-12(19-2)14(10)16/h4-6,11,13,15,18H,3,7-9,17H2,1-2H3. The topological polar surface area (TPSA) is 47.3 Å². The minimum Gasteiger partial charge on any atom is -0.494 e. The van der Waals surface area contributed by atoms with Gasteiger partial charge in [-0.2, -0.15) is 23.5 Å². The summed E-state index contributed by atoms with van der Waals surface area (Å²) in [5.41, 5.74) is 3.56. The van der Waals surface area contributed by atoms with Crippen LogP contribution in [0.15, 0.2) is 18.2 Å². The Labute approximate surface area is 134 Å². The zero-order valence-electron chi connectivity index (χ0n) is 12.5. The van der Waals surface area contributed by atoms with E-state index in [0.29, 0.717) is 28.2 Å². The van der Waals surface area contributed by atoms with Crippen LogP contribution in [0.5, 0.6) is 5.75 Å². The molecule has 0 spiro atoms. The SMILES string of the molecule is CCC1SCCSC1C(Cc1cccc(OC)c1F)NN. The van der Waals surface area contributed by atoms with Gasteiger partial charge >= 0.3 is 0 Å². The molecule has 1 fully saturated rings. The van der Waals surface area contributed by atoms with Crippen LogP contribution < -0.4 is 16.0 Å². The van der Waals surface area contributed by atoms with Crippen molar-refractivity contribution in [2.24, 2.45) is 5.84 Å². The number of methoxy groups -OCH3 is 1. The molecule has 1 heterocycles. The molecule has 0 amide bonds. The van der Waals surface area contributed by atoms with Gasteiger partial charge in [0.05, 0.1) is 7.11 Å². The van der Waals surface area contributed by atoms with Gasteiger partial charge in [-0.1, -0.05) is 19.1 Å². The number of halogens is 1. The Morgan fingerprint density at radius 3 is 2.86 bits per heavy atom. The molecule has 1 aliphatic heterocycles. The van der Waals surface area contributed by atoms with Crippen LogP contribution in [0, 0.1) is 5.82 Å². The average molecular weight is 330 g/mol. The zero-order valence-corrected chi connectivity index (χ0v) is 14.1. The Morgan fingerprint density at radius 2 is 2.19 bits per heavy atom. The van der Waals surface area contributed by atoms with E-state index < -0.39 is 0 Å². The normalized spacial score (nSPS) is 23.8. The van der Waals surface area contributed by atoms with E-state index in [2.05, 4.69) is 12.3 Å². The fourth-order valence-electron chi connectivity index (χ4n) is 2.69. The first-order valence-corrected chi connectivity index (χ1v) is 9.31. The lowest BCUT2D eigenvalue weighted by molar-refractivity contribution is 0.381. The number of hydrogen-bond acceptors (Lipinski definition) is 5. The molecule has 118 valence electrons. The first-order valence-electron chi connectivity index (χ1n) is 7.22. The number of ether oxygens (including phenoxy) is 1. The van der Waals surface area contributed by atoms with Crippen molar-refractivity contribution in [1.29, 1.82) is 0 Å². The molecule has 1 aromatic rings. The van der Waals surface area contributed by atoms with Gasteiger partial charge in [0.1, 0.15) is 0 Å². The number of hydrazine groups is 1. The fourth-order valence-corrected chi connectivity index (χ4v) is 5.94. The van der Waals surface area contributed by atoms with Gasteiger partial charge in [0, 0.05) is 28.0 Å². The molecule has 3 unspecified atom stereocenters. The van der Waals surface area contributed by atoms with E-state index in [4.69, 9.17) is 10.6 Å². The van der Waals surface area contributed by atoms with Gasteiger partial charge in [0.25, 0.3) is 0 Å². The minimum atomic E-state index is -0.276. The van der Waals surface area contributed by atoms with Gasteiger partial charge in [-0.05, 0) is 24.5 Å². The van der Waals surface area contributed by atoms with E-state index in [1.807, 2.05) is 35.7 Å². The summed E-state index contributed by atoms with van der Waals surface area (Å²) in [6.45, 7) is 2.20. The highest BCUT2D eigenvalue weighted by atomic mass is 32.2. The van der Waals surface area contributed by atoms with Crippen molar-refractivity contribution in [3.63, 3.8) is 0 Å². The van der Waals surface area contributed by atoms with Crippen molar-refractivity contribution in [1.82, 2.24) is 5.43 Å². The molecule has 0 aliphatic carbocycles. The molecule has 21 heavy (non-hydrogen) atoms. The predicted octanol–water partition coefficient (Wildman–Crippen LogP) is 2.84. The molecule has 0 bridgehead atoms. The Hall–Kier alpha value is -0.430. The van der Waals surface area contributed by atoms with Gasteiger partial charge in [0.2, 0.25) is 0 Å². The molecule has 3 atom stereocenters. The van der Waals surface area contributed by atoms with Crippen LogP contribution in [-0.2, 0) is 6.42 Å². The highest BCUT2D eigenvalue weighted by Crippen LogP contribution is 2.36. The molecule has 1 aliphatic rings. The van der Waals surface area contributed by atoms with Gasteiger partial charge in [0.15, 0.2) is 11.6 Å². The lowest BCUT2D eigenvalue weighted by atomic mass is 10.00. The van der Waals surface area contributed by atoms with E-state index in [1.54, 1.807) is 6.07 Å². The number of nitrogens with one attached hydrogen (secondary N) is 1. The second-order valence-corrected chi connectivity index (χ2v) is 7.70. The largest absolute Gasteiger partial charge is 0.494 e. The summed E-state index contributed by atoms with van der Waals surface area (Å²) >= 11 is 3.95. The molecule has 0 radical (unpaired) electrons. The van der Waals surface area contributed by atoms with Crippen molar-refractivity contribution in [2.45, 2.75) is 36.3 Å². The van der Waals surface area contributed by atoms with Gasteiger partial charge in [-0.25, -0.2) is 4.39 Å². The van der Waals surface area contributed by atoms with Crippen LogP contribution >= 0.6 is 23.5 Å². The first kappa shape index (κ1) is 16.9. The average Bonchev–Trinajstić information content (AvgIpc) is 2.54. The lowest BCUT2D eigenvalue weighted by Crippen LogP contribution is -2.49. The highest BCUT2D eigenvalue weighted by Gasteiger charge is 2.32. The summed E-state index contributed by atoms with van der Waals surface area (Å²) in [5.74, 6) is 8.09. The summed E-state index contributed by atoms with van der Waals surface area (Å²) in [6, 6.07) is 5.34. The third kappa shape index (κ3) is 4.06. The number of thioether (sulfide) groups is 2. The molecule has 2 rings (SSSR count). The maximum Gasteiger partial charge on any atom is 0.168 e. The van der Waals surface area contributed by atoms with Gasteiger partial charge in [-0.15, -0.1) is 0 Å². The Morgan fingerprint density at radius 1 is 1.43 bits per heavy atom. The Balaban J connectivity index is 2.15. The Bertz CT molecular complexity index is 461. The van der Waals surface area contributed by atoms with Crippen LogP contribution in [0.1, 0.15) is 18.9 Å². The summed E-state index contributed by atoms with van der Waals surface area (Å²) in [6.07, 6.45) is 1.69. The van der Waals surface area contributed by atoms with E-state index in [-0.39, 0.29) is 11.9 Å². The van der Waals surface area contributed by atoms with Crippen molar-refractivity contribution < 1.29 is 9.13 Å². The van der Waals surface area contributed by atoms with Crippen LogP contribution in [0.3, 0.4) is 0 Å². The zero-order chi connectivity index (χ0) is 15.2. The summed E-state index contributed by atoms with van der Waals surface area (Å²) in [7, 11) is 1.49. The third-order valence-corrected chi connectivity index (χ3v) is 7.22. The first-order chi connectivity index (χ1) is 10.2. The van der Waals surface area contributed by atoms with Crippen molar-refractivity contribution in [3.8, 4) is 5.75 Å². The maximum atomic E-state index is 14.3. The minimum absolute atomic E-state index is 0.0642. The van der Waals surface area contributed by atoms with Crippen molar-refractivity contribution in [2.75, 3.05) is 18.6 Å². The maximum absolute atomic E-state index is 14.3. The number of hydrogen-bond donors (Lipinski definition) is 2. The van der Waals surface area contributed by atoms with Crippen LogP contribution in [0.25, 0.3) is 0 Å². The van der Waals surface area contributed by atoms with Crippen LogP contribution in [-0.4, -0.2) is 35.2 Å². The quantitative estimate of drug-likeness (QED) is 0.620. The van der Waals surface area contributed by atoms with Gasteiger partial charge < -0.3 is 4.74 Å². The molecular formula is C15H23FN2OS2. The van der Waals surface area contributed by atoms with E-state index >= 15 is 0 Å². The van der Waals surface area contributed by atoms with Crippen LogP contribution in [0.4, 0.5) is 4.39 Å². The third-order valence-electron chi connectivity index (χ3n) is 3.81. The molecule has 3 N–H and O–H groups in total. The van der Waals surface area contributed by atoms with Crippen molar-refractivity contribution >= 4 is 23.5 Å². The van der Waals surface area contributed by atoms with E-state index in [9.17, 15) is 4.39 Å². The lowest BCUT2D eigenvalue weighted by Gasteiger charge is -2.35. The van der Waals surface area contributed by atoms with Crippen LogP contribution in [0.2, 0.25) is 0 Å². The van der Waals surface area contributed by atoms with Gasteiger partial charge in [-0.3, -0.25) is 11.3 Å². The summed E-state index contributed by atoms with van der Waals surface area (Å²) in [4.78, 5) is 0. The predicted molar refractivity (Wildman–Crippen MR) is 90.6 cm³/mol. The monoisotopic (exact) mass is 330 g/mol. The number of benzene rings is 1. The molecule has 6 heteroatoms. The smallest absolute Gasteiger partial charge is 0.168 e. The molecule has 3 nitrogen and oxygen atoms in total. The summed E-state index contributed by atoms with van der Waals surface area (Å²) < 4.78 is 19.4. The molecular weight excluding hydrogens is 307 g/mol. The fraction of sp³-hybridized carbons (Fsp3) is 0.600. The summed E-state index contributed by atoms with van der Waals surface area (Å²) in [5, 5.41) is 0.975. The molecule has 1 aromatic carbocycles. The molecule has 1 saturated heterocycles. The second-order valence-electron chi connectivity index (χ2n) is 5.06. The second kappa shape index (κ2) is 8.27. The van der Waals surface area contributed by atoms with Crippen molar-refractivity contribution in [3.05, 3.63) is 29.6 Å². The van der Waals surface area contributed by atoms with E-state index in [0.717, 1.165) is 12.2 Å². The molecule has 0 aromatic heterocycles. The highest BCUT2D eigenvalue weighted by molar-refractivity contribution is 8.07.